The Labute approximate surface area is 201 Å². The van der Waals surface area contributed by atoms with Gasteiger partial charge in [0, 0.05) is 53.0 Å². The van der Waals surface area contributed by atoms with Gasteiger partial charge in [0.25, 0.3) is 0 Å². The van der Waals surface area contributed by atoms with Crippen molar-refractivity contribution in [3.05, 3.63) is 75.9 Å². The lowest BCUT2D eigenvalue weighted by Gasteiger charge is -2.14. The normalized spacial score (nSPS) is 12.6. The van der Waals surface area contributed by atoms with Crippen LogP contribution in [0, 0.1) is 17.1 Å². The molecule has 34 heavy (non-hydrogen) atoms. The van der Waals surface area contributed by atoms with Gasteiger partial charge in [0.2, 0.25) is 5.95 Å². The molecule has 0 saturated heterocycles. The third-order valence-electron chi connectivity index (χ3n) is 5.79. The zero-order chi connectivity index (χ0) is 23.8. The van der Waals surface area contributed by atoms with Crippen molar-refractivity contribution < 1.29 is 9.13 Å². The number of halogens is 2. The first kappa shape index (κ1) is 22.1. The lowest BCUT2D eigenvalue weighted by molar-refractivity contribution is 0.356. The molecule has 0 unspecified atom stereocenters. The Balaban J connectivity index is 1.52. The van der Waals surface area contributed by atoms with Gasteiger partial charge < -0.3 is 15.0 Å². The second-order valence-electron chi connectivity index (χ2n) is 8.43. The van der Waals surface area contributed by atoms with Crippen LogP contribution in [-0.4, -0.2) is 40.0 Å². The molecule has 2 aromatic heterocycles. The zero-order valence-electron chi connectivity index (χ0n) is 18.8. The molecule has 0 saturated carbocycles. The maximum Gasteiger partial charge on any atom is 0.208 e. The number of nitriles is 1. The molecular formula is C25H22ClFN6O. The first-order valence-electron chi connectivity index (χ1n) is 10.8. The van der Waals surface area contributed by atoms with Crippen molar-refractivity contribution in [3.8, 4) is 22.9 Å². The fourth-order valence-electron chi connectivity index (χ4n) is 4.27. The molecule has 9 heteroatoms. The number of anilines is 1. The van der Waals surface area contributed by atoms with Gasteiger partial charge in [0.15, 0.2) is 11.3 Å². The van der Waals surface area contributed by atoms with E-state index in [4.69, 9.17) is 16.3 Å². The molecule has 0 fully saturated rings. The Hall–Kier alpha value is -3.67. The maximum absolute atomic E-state index is 14.6. The van der Waals surface area contributed by atoms with E-state index in [0.29, 0.717) is 46.5 Å². The molecule has 5 rings (SSSR count). The molecule has 3 heterocycles. The minimum atomic E-state index is -0.294. The molecule has 1 N–H and O–H groups in total. The number of hydrogen-bond donors (Lipinski definition) is 1. The lowest BCUT2D eigenvalue weighted by atomic mass is 10.0. The maximum atomic E-state index is 14.6. The standard InChI is InChI=1S/C25H22ClFN6O/c1-32(2)13-15-3-4-17(21(26)9-15)20-12-30-25(33-14-16(10-28)31-24(20)33)29-11-19-18-7-8-34-23(18)6-5-22(19)27/h3-6,9,12,14H,7-8,11,13H2,1-2H3,(H,29,30). The van der Waals surface area contributed by atoms with Crippen LogP contribution < -0.4 is 10.1 Å². The van der Waals surface area contributed by atoms with Crippen molar-refractivity contribution in [3.63, 3.8) is 0 Å². The van der Waals surface area contributed by atoms with Gasteiger partial charge in [-0.2, -0.15) is 5.26 Å². The number of nitrogens with zero attached hydrogens (tertiary/aromatic N) is 5. The van der Waals surface area contributed by atoms with Crippen LogP contribution in [-0.2, 0) is 19.5 Å². The Bertz CT molecular complexity index is 1440. The van der Waals surface area contributed by atoms with Crippen LogP contribution in [0.5, 0.6) is 5.75 Å². The Kier molecular flexibility index (Phi) is 5.82. The van der Waals surface area contributed by atoms with E-state index in [0.717, 1.165) is 23.2 Å². The quantitative estimate of drug-likeness (QED) is 0.435. The number of benzene rings is 2. The summed E-state index contributed by atoms with van der Waals surface area (Å²) in [5.74, 6) is 0.870. The summed E-state index contributed by atoms with van der Waals surface area (Å²) >= 11 is 6.62. The van der Waals surface area contributed by atoms with Crippen LogP contribution in [0.2, 0.25) is 5.02 Å². The van der Waals surface area contributed by atoms with Gasteiger partial charge in [-0.15, -0.1) is 0 Å². The number of imidazole rings is 1. The summed E-state index contributed by atoms with van der Waals surface area (Å²) in [6.07, 6.45) is 3.95. The summed E-state index contributed by atoms with van der Waals surface area (Å²) < 4.78 is 21.8. The van der Waals surface area contributed by atoms with E-state index in [2.05, 4.69) is 26.3 Å². The average Bonchev–Trinajstić information content (AvgIpc) is 3.46. The van der Waals surface area contributed by atoms with Crippen molar-refractivity contribution in [1.82, 2.24) is 19.3 Å². The monoisotopic (exact) mass is 476 g/mol. The molecule has 1 aliphatic heterocycles. The van der Waals surface area contributed by atoms with Gasteiger partial charge in [0.1, 0.15) is 17.6 Å². The molecule has 7 nitrogen and oxygen atoms in total. The second kappa shape index (κ2) is 8.93. The van der Waals surface area contributed by atoms with Crippen molar-refractivity contribution >= 4 is 23.2 Å². The van der Waals surface area contributed by atoms with Crippen LogP contribution >= 0.6 is 11.6 Å². The first-order valence-corrected chi connectivity index (χ1v) is 11.2. The molecule has 0 bridgehead atoms. The molecule has 0 atom stereocenters. The number of ether oxygens (including phenoxy) is 1. The van der Waals surface area contributed by atoms with Gasteiger partial charge in [-0.05, 0) is 37.9 Å². The fourth-order valence-corrected chi connectivity index (χ4v) is 4.57. The molecule has 1 aliphatic rings. The van der Waals surface area contributed by atoms with Crippen LogP contribution in [0.15, 0.2) is 42.7 Å². The van der Waals surface area contributed by atoms with Crippen LogP contribution in [0.1, 0.15) is 22.4 Å². The SMILES string of the molecule is CN(C)Cc1ccc(-c2cnc(NCc3c(F)ccc4c3CCO4)n3cc(C#N)nc23)c(Cl)c1. The third kappa shape index (κ3) is 4.04. The van der Waals surface area contributed by atoms with E-state index in [-0.39, 0.29) is 18.1 Å². The highest BCUT2D eigenvalue weighted by Crippen LogP contribution is 2.33. The van der Waals surface area contributed by atoms with Gasteiger partial charge in [-0.3, -0.25) is 4.40 Å². The Morgan fingerprint density at radius 3 is 2.88 bits per heavy atom. The van der Waals surface area contributed by atoms with Crippen molar-refractivity contribution in [2.24, 2.45) is 0 Å². The summed E-state index contributed by atoms with van der Waals surface area (Å²) in [5.41, 5.74) is 4.77. The molecule has 172 valence electrons. The van der Waals surface area contributed by atoms with E-state index in [1.54, 1.807) is 22.9 Å². The van der Waals surface area contributed by atoms with Crippen molar-refractivity contribution in [1.29, 1.82) is 5.26 Å². The molecule has 0 amide bonds. The molecule has 0 aliphatic carbocycles. The van der Waals surface area contributed by atoms with E-state index in [9.17, 15) is 9.65 Å². The van der Waals surface area contributed by atoms with E-state index in [1.807, 2.05) is 32.3 Å². The lowest BCUT2D eigenvalue weighted by Crippen LogP contribution is -2.10. The summed E-state index contributed by atoms with van der Waals surface area (Å²) in [5, 5.41) is 13.2. The third-order valence-corrected chi connectivity index (χ3v) is 6.10. The number of rotatable bonds is 6. The number of nitrogens with one attached hydrogen (secondary N) is 1. The van der Waals surface area contributed by atoms with Gasteiger partial charge in [0.05, 0.1) is 12.8 Å². The van der Waals surface area contributed by atoms with Crippen molar-refractivity contribution in [2.75, 3.05) is 26.0 Å². The molecular weight excluding hydrogens is 455 g/mol. The second-order valence-corrected chi connectivity index (χ2v) is 8.84. The largest absolute Gasteiger partial charge is 0.493 e. The highest BCUT2D eigenvalue weighted by molar-refractivity contribution is 6.33. The number of aromatic nitrogens is 3. The van der Waals surface area contributed by atoms with Crippen LogP contribution in [0.3, 0.4) is 0 Å². The highest BCUT2D eigenvalue weighted by Gasteiger charge is 2.20. The predicted molar refractivity (Wildman–Crippen MR) is 128 cm³/mol. The zero-order valence-corrected chi connectivity index (χ0v) is 19.5. The highest BCUT2D eigenvalue weighted by atomic mass is 35.5. The fraction of sp³-hybridized carbons (Fsp3) is 0.240. The Morgan fingerprint density at radius 1 is 1.26 bits per heavy atom. The summed E-state index contributed by atoms with van der Waals surface area (Å²) in [6, 6.07) is 11.0. The van der Waals surface area contributed by atoms with Gasteiger partial charge in [-0.1, -0.05) is 23.7 Å². The Morgan fingerprint density at radius 2 is 2.12 bits per heavy atom. The van der Waals surface area contributed by atoms with E-state index in [1.165, 1.54) is 6.07 Å². The van der Waals surface area contributed by atoms with Crippen molar-refractivity contribution in [2.45, 2.75) is 19.5 Å². The molecule has 0 spiro atoms. The number of hydrogen-bond acceptors (Lipinski definition) is 6. The number of fused-ring (bicyclic) bond motifs is 2. The molecule has 2 aromatic carbocycles. The van der Waals surface area contributed by atoms with Crippen LogP contribution in [0.25, 0.3) is 16.8 Å². The van der Waals surface area contributed by atoms with E-state index >= 15 is 0 Å². The first-order chi connectivity index (χ1) is 16.4. The summed E-state index contributed by atoms with van der Waals surface area (Å²) in [6.45, 7) is 1.53. The van der Waals surface area contributed by atoms with E-state index < -0.39 is 0 Å². The minimum absolute atomic E-state index is 0.222. The topological polar surface area (TPSA) is 78.5 Å². The summed E-state index contributed by atoms with van der Waals surface area (Å²) in [7, 11) is 4.00. The smallest absolute Gasteiger partial charge is 0.208 e. The minimum Gasteiger partial charge on any atom is -0.493 e. The summed E-state index contributed by atoms with van der Waals surface area (Å²) in [4.78, 5) is 11.1. The van der Waals surface area contributed by atoms with Gasteiger partial charge >= 0.3 is 0 Å². The molecule has 4 aromatic rings. The van der Waals surface area contributed by atoms with Gasteiger partial charge in [-0.25, -0.2) is 14.4 Å². The average molecular weight is 477 g/mol. The predicted octanol–water partition coefficient (Wildman–Crippen LogP) is 4.67. The van der Waals surface area contributed by atoms with Crippen LogP contribution in [0.4, 0.5) is 10.3 Å². The molecule has 0 radical (unpaired) electrons.